The van der Waals surface area contributed by atoms with Crippen LogP contribution in [0.4, 0.5) is 0 Å². The van der Waals surface area contributed by atoms with Crippen molar-refractivity contribution in [1.29, 1.82) is 0 Å². The van der Waals surface area contributed by atoms with Gasteiger partial charge in [0.05, 0.1) is 26.4 Å². The highest BCUT2D eigenvalue weighted by molar-refractivity contribution is 7.47. The molecule has 0 aromatic heterocycles. The van der Waals surface area contributed by atoms with Crippen molar-refractivity contribution in [3.05, 3.63) is 0 Å². The first-order valence-electron chi connectivity index (χ1n) is 33.0. The maximum absolute atomic E-state index is 13.0. The number of hydrogen-bond acceptors (Lipinski definition) is 15. The fraction of sp³-hybridized carbons (Fsp3) is 0.937. The SMILES string of the molecule is CCCCCCCCCCCC(=O)O[C@H](COC(=O)CCCCCCC)COP(=O)(O)OC[C@H](O)COP(=O)(O)OC[C@@H](COC(=O)CCCCCCCCCC(C)C)OC(=O)CCCCCCCCCCCCCCCCC(C)CC. The summed E-state index contributed by atoms with van der Waals surface area (Å²) < 4.78 is 67.7. The second kappa shape index (κ2) is 55.6. The zero-order chi connectivity index (χ0) is 60.8. The van der Waals surface area contributed by atoms with Crippen molar-refractivity contribution in [3.63, 3.8) is 0 Å². The van der Waals surface area contributed by atoms with Crippen LogP contribution in [0.2, 0.25) is 0 Å². The van der Waals surface area contributed by atoms with Crippen LogP contribution in [0, 0.1) is 11.8 Å². The van der Waals surface area contributed by atoms with E-state index in [0.29, 0.717) is 31.6 Å². The van der Waals surface area contributed by atoms with Crippen LogP contribution in [0.25, 0.3) is 0 Å². The average molecular weight is 1210 g/mol. The van der Waals surface area contributed by atoms with Crippen LogP contribution >= 0.6 is 15.6 Å². The maximum atomic E-state index is 13.0. The Hall–Kier alpha value is -1.94. The Labute approximate surface area is 498 Å². The molecule has 6 atom stereocenters. The molecule has 0 amide bonds. The summed E-state index contributed by atoms with van der Waals surface area (Å²) in [6.07, 6.45) is 38.0. The molecule has 0 radical (unpaired) electrons. The second-order valence-corrected chi connectivity index (χ2v) is 26.4. The van der Waals surface area contributed by atoms with Crippen LogP contribution in [-0.2, 0) is 65.4 Å². The Morgan fingerprint density at radius 1 is 0.354 bits per heavy atom. The number of esters is 4. The Morgan fingerprint density at radius 2 is 0.622 bits per heavy atom. The highest BCUT2D eigenvalue weighted by Gasteiger charge is 2.30. The third kappa shape index (κ3) is 55.9. The minimum Gasteiger partial charge on any atom is -0.462 e. The Bertz CT molecular complexity index is 1620. The predicted molar refractivity (Wildman–Crippen MR) is 326 cm³/mol. The number of aliphatic hydroxyl groups is 1. The third-order valence-electron chi connectivity index (χ3n) is 14.8. The van der Waals surface area contributed by atoms with Gasteiger partial charge in [-0.2, -0.15) is 0 Å². The molecule has 3 N–H and O–H groups in total. The molecule has 0 fully saturated rings. The van der Waals surface area contributed by atoms with Gasteiger partial charge in [-0.15, -0.1) is 0 Å². The highest BCUT2D eigenvalue weighted by atomic mass is 31.2. The van der Waals surface area contributed by atoms with Gasteiger partial charge in [-0.3, -0.25) is 37.3 Å². The monoisotopic (exact) mass is 1210 g/mol. The van der Waals surface area contributed by atoms with Gasteiger partial charge in [0, 0.05) is 25.7 Å². The Kier molecular flexibility index (Phi) is 54.3. The van der Waals surface area contributed by atoms with E-state index in [1.54, 1.807) is 0 Å². The van der Waals surface area contributed by atoms with Gasteiger partial charge in [-0.05, 0) is 37.5 Å². The number of phosphoric ester groups is 2. The smallest absolute Gasteiger partial charge is 0.462 e. The van der Waals surface area contributed by atoms with Crippen LogP contribution in [0.5, 0.6) is 0 Å². The van der Waals surface area contributed by atoms with Gasteiger partial charge >= 0.3 is 39.5 Å². The molecule has 3 unspecified atom stereocenters. The first-order valence-corrected chi connectivity index (χ1v) is 36.0. The van der Waals surface area contributed by atoms with Crippen molar-refractivity contribution in [1.82, 2.24) is 0 Å². The number of ether oxygens (including phenoxy) is 4. The van der Waals surface area contributed by atoms with Crippen molar-refractivity contribution in [2.45, 2.75) is 330 Å². The summed E-state index contributed by atoms with van der Waals surface area (Å²) in [5, 5.41) is 10.5. The van der Waals surface area contributed by atoms with Crippen molar-refractivity contribution >= 4 is 39.5 Å². The molecule has 0 aliphatic heterocycles. The Morgan fingerprint density at radius 3 is 0.927 bits per heavy atom. The van der Waals surface area contributed by atoms with E-state index in [9.17, 15) is 43.2 Å². The molecule has 0 saturated carbocycles. The van der Waals surface area contributed by atoms with Gasteiger partial charge in [0.2, 0.25) is 0 Å². The number of aliphatic hydroxyl groups excluding tert-OH is 1. The first kappa shape index (κ1) is 80.1. The van der Waals surface area contributed by atoms with Crippen molar-refractivity contribution in [2.75, 3.05) is 39.6 Å². The third-order valence-corrected chi connectivity index (χ3v) is 16.7. The number of phosphoric acid groups is 2. The van der Waals surface area contributed by atoms with E-state index in [2.05, 4.69) is 41.5 Å². The van der Waals surface area contributed by atoms with Crippen molar-refractivity contribution < 1.29 is 80.2 Å². The van der Waals surface area contributed by atoms with Gasteiger partial charge in [0.15, 0.2) is 12.2 Å². The molecule has 0 saturated heterocycles. The molecule has 0 heterocycles. The largest absolute Gasteiger partial charge is 0.472 e. The van der Waals surface area contributed by atoms with Crippen LogP contribution in [0.3, 0.4) is 0 Å². The van der Waals surface area contributed by atoms with Crippen molar-refractivity contribution in [3.8, 4) is 0 Å². The van der Waals surface area contributed by atoms with Crippen molar-refractivity contribution in [2.24, 2.45) is 11.8 Å². The highest BCUT2D eigenvalue weighted by Crippen LogP contribution is 2.45. The first-order chi connectivity index (χ1) is 39.4. The molecular formula is C63H122O17P2. The lowest BCUT2D eigenvalue weighted by molar-refractivity contribution is -0.161. The van der Waals surface area contributed by atoms with Gasteiger partial charge in [-0.1, -0.05) is 260 Å². The Balaban J connectivity index is 5.13. The number of carbonyl (C=O) groups is 4. The quantitative estimate of drug-likeness (QED) is 0.0222. The predicted octanol–water partition coefficient (Wildman–Crippen LogP) is 17.3. The molecule has 17 nitrogen and oxygen atoms in total. The summed E-state index contributed by atoms with van der Waals surface area (Å²) in [4.78, 5) is 71.8. The molecule has 0 rings (SSSR count). The van der Waals surface area contributed by atoms with Crippen LogP contribution < -0.4 is 0 Å². The fourth-order valence-electron chi connectivity index (χ4n) is 9.32. The van der Waals surface area contributed by atoms with E-state index in [1.807, 2.05) is 0 Å². The standard InChI is InChI=1S/C63H122O17P2/c1-7-10-12-14-15-22-28-35-41-47-62(67)79-58(51-73-60(65)45-39-31-13-11-8-2)53-77-81(69,70)75-49-57(64)50-76-82(71,72)78-54-59(52-74-61(66)46-40-34-30-25-26-32-37-43-55(4)5)80-63(68)48-42-36-29-24-21-19-17-16-18-20-23-27-33-38-44-56(6)9-3/h55-59,64H,7-54H2,1-6H3,(H,69,70)(H,71,72)/t56?,57-,58+,59+/m0/s1. The van der Waals surface area contributed by atoms with Gasteiger partial charge < -0.3 is 33.8 Å². The molecule has 0 aromatic rings. The zero-order valence-electron chi connectivity index (χ0n) is 52.8. The number of carbonyl (C=O) groups excluding carboxylic acids is 4. The molecule has 486 valence electrons. The maximum Gasteiger partial charge on any atom is 0.472 e. The van der Waals surface area contributed by atoms with E-state index >= 15 is 0 Å². The van der Waals surface area contributed by atoms with Crippen LogP contribution in [0.15, 0.2) is 0 Å². The normalized spacial score (nSPS) is 14.7. The molecule has 19 heteroatoms. The summed E-state index contributed by atoms with van der Waals surface area (Å²) in [6.45, 7) is 9.38. The summed E-state index contributed by atoms with van der Waals surface area (Å²) in [6, 6.07) is 0. The van der Waals surface area contributed by atoms with E-state index in [-0.39, 0.29) is 25.7 Å². The summed E-state index contributed by atoms with van der Waals surface area (Å²) in [5.41, 5.74) is 0. The van der Waals surface area contributed by atoms with Gasteiger partial charge in [0.25, 0.3) is 0 Å². The molecule has 0 spiro atoms. The van der Waals surface area contributed by atoms with Gasteiger partial charge in [0.1, 0.15) is 19.3 Å². The average Bonchev–Trinajstić information content (AvgIpc) is 3.46. The van der Waals surface area contributed by atoms with Crippen LogP contribution in [-0.4, -0.2) is 96.7 Å². The molecule has 0 aromatic carbocycles. The van der Waals surface area contributed by atoms with E-state index in [4.69, 9.17) is 37.0 Å². The minimum atomic E-state index is -4.94. The molecule has 0 bridgehead atoms. The van der Waals surface area contributed by atoms with E-state index in [1.165, 1.54) is 116 Å². The zero-order valence-corrected chi connectivity index (χ0v) is 54.6. The molecular weight excluding hydrogens is 1090 g/mol. The summed E-state index contributed by atoms with van der Waals surface area (Å²) in [7, 11) is -9.87. The molecule has 0 aliphatic carbocycles. The van der Waals surface area contributed by atoms with E-state index in [0.717, 1.165) is 109 Å². The number of unbranched alkanes of at least 4 members (excludes halogenated alkanes) is 31. The molecule has 0 aliphatic rings. The lowest BCUT2D eigenvalue weighted by Crippen LogP contribution is -2.30. The molecule has 82 heavy (non-hydrogen) atoms. The van der Waals surface area contributed by atoms with Gasteiger partial charge in [-0.25, -0.2) is 9.13 Å². The fourth-order valence-corrected chi connectivity index (χ4v) is 10.9. The summed E-state index contributed by atoms with van der Waals surface area (Å²) in [5.74, 6) is -0.597. The second-order valence-electron chi connectivity index (χ2n) is 23.5. The van der Waals surface area contributed by atoms with E-state index < -0.39 is 97.5 Å². The lowest BCUT2D eigenvalue weighted by Gasteiger charge is -2.21. The topological polar surface area (TPSA) is 237 Å². The minimum absolute atomic E-state index is 0.104. The lowest BCUT2D eigenvalue weighted by atomic mass is 9.99. The van der Waals surface area contributed by atoms with Crippen LogP contribution in [0.1, 0.15) is 311 Å². The number of hydrogen-bond donors (Lipinski definition) is 3. The number of rotatable bonds is 62. The summed E-state index contributed by atoms with van der Waals surface area (Å²) >= 11 is 0.